The molecule has 88 valence electrons. The molecule has 2 unspecified atom stereocenters. The average molecular weight is 237 g/mol. The number of aromatic hydroxyl groups is 1. The summed E-state index contributed by atoms with van der Waals surface area (Å²) >= 11 is 1.95. The van der Waals surface area contributed by atoms with Crippen LogP contribution in [0.4, 0.5) is 0 Å². The molecule has 0 aromatic heterocycles. The molecule has 0 spiro atoms. The highest BCUT2D eigenvalue weighted by atomic mass is 32.2. The maximum atomic E-state index is 9.66. The predicted octanol–water partition coefficient (Wildman–Crippen LogP) is 2.77. The Balaban J connectivity index is 1.90. The van der Waals surface area contributed by atoms with Crippen LogP contribution in [0.5, 0.6) is 5.75 Å². The van der Waals surface area contributed by atoms with Crippen LogP contribution in [0.15, 0.2) is 24.3 Å². The lowest BCUT2D eigenvalue weighted by Crippen LogP contribution is -2.33. The van der Waals surface area contributed by atoms with Crippen molar-refractivity contribution < 1.29 is 5.11 Å². The zero-order chi connectivity index (χ0) is 11.4. The van der Waals surface area contributed by atoms with Crippen LogP contribution in [0.1, 0.15) is 24.8 Å². The number of phenols is 1. The molecule has 16 heavy (non-hydrogen) atoms. The van der Waals surface area contributed by atoms with Gasteiger partial charge in [0.25, 0.3) is 0 Å². The number of hydrogen-bond acceptors (Lipinski definition) is 3. The minimum absolute atomic E-state index is 0.397. The van der Waals surface area contributed by atoms with E-state index in [0.717, 1.165) is 17.4 Å². The van der Waals surface area contributed by atoms with Gasteiger partial charge in [0.2, 0.25) is 0 Å². The molecule has 1 aromatic rings. The molecular formula is C13H19NOS. The van der Waals surface area contributed by atoms with E-state index in [1.807, 2.05) is 30.0 Å². The minimum Gasteiger partial charge on any atom is -0.508 e. The van der Waals surface area contributed by atoms with Crippen LogP contribution >= 0.6 is 11.8 Å². The Morgan fingerprint density at radius 3 is 2.94 bits per heavy atom. The second-order valence-electron chi connectivity index (χ2n) is 4.32. The Bertz CT molecular complexity index is 342. The molecule has 1 aliphatic rings. The summed E-state index contributed by atoms with van der Waals surface area (Å²) < 4.78 is 0. The van der Waals surface area contributed by atoms with Gasteiger partial charge in [-0.1, -0.05) is 24.6 Å². The zero-order valence-electron chi connectivity index (χ0n) is 9.65. The largest absolute Gasteiger partial charge is 0.508 e. The quantitative estimate of drug-likeness (QED) is 0.844. The van der Waals surface area contributed by atoms with E-state index in [1.54, 1.807) is 6.07 Å². The van der Waals surface area contributed by atoms with Crippen molar-refractivity contribution in [3.05, 3.63) is 29.8 Å². The Hall–Kier alpha value is -0.670. The molecular weight excluding hydrogens is 218 g/mol. The Morgan fingerprint density at radius 1 is 1.38 bits per heavy atom. The van der Waals surface area contributed by atoms with Crippen molar-refractivity contribution >= 4 is 11.8 Å². The molecule has 2 atom stereocenters. The number of nitrogens with one attached hydrogen (secondary N) is 1. The third kappa shape index (κ3) is 2.71. The van der Waals surface area contributed by atoms with Gasteiger partial charge in [0.15, 0.2) is 0 Å². The van der Waals surface area contributed by atoms with Crippen LogP contribution in [0.3, 0.4) is 0 Å². The van der Waals surface area contributed by atoms with Crippen LogP contribution in [0, 0.1) is 0 Å². The van der Waals surface area contributed by atoms with Crippen molar-refractivity contribution in [1.29, 1.82) is 0 Å². The van der Waals surface area contributed by atoms with Gasteiger partial charge in [-0.25, -0.2) is 0 Å². The maximum absolute atomic E-state index is 9.66. The minimum atomic E-state index is 0.397. The number of benzene rings is 1. The maximum Gasteiger partial charge on any atom is 0.120 e. The molecule has 2 rings (SSSR count). The lowest BCUT2D eigenvalue weighted by molar-refractivity contribution is 0.457. The molecule has 0 bridgehead atoms. The molecule has 1 aromatic carbocycles. The van der Waals surface area contributed by atoms with Gasteiger partial charge in [-0.15, -0.1) is 0 Å². The first-order valence-corrected chi connectivity index (χ1v) is 7.13. The summed E-state index contributed by atoms with van der Waals surface area (Å²) in [5.74, 6) is 0.397. The number of thioether (sulfide) groups is 1. The monoisotopic (exact) mass is 237 g/mol. The van der Waals surface area contributed by atoms with E-state index in [9.17, 15) is 5.11 Å². The Kier molecular flexibility index (Phi) is 4.13. The lowest BCUT2D eigenvalue weighted by atomic mass is 10.1. The summed E-state index contributed by atoms with van der Waals surface area (Å²) in [6.45, 7) is 0.772. The van der Waals surface area contributed by atoms with Crippen LogP contribution in [-0.2, 0) is 6.54 Å². The van der Waals surface area contributed by atoms with Gasteiger partial charge in [0, 0.05) is 23.4 Å². The molecule has 0 amide bonds. The summed E-state index contributed by atoms with van der Waals surface area (Å²) in [7, 11) is 0. The van der Waals surface area contributed by atoms with Gasteiger partial charge in [-0.05, 0) is 25.2 Å². The van der Waals surface area contributed by atoms with E-state index in [0.29, 0.717) is 11.8 Å². The third-order valence-electron chi connectivity index (χ3n) is 3.30. The molecule has 1 saturated carbocycles. The van der Waals surface area contributed by atoms with Gasteiger partial charge in [0.1, 0.15) is 5.75 Å². The highest BCUT2D eigenvalue weighted by Crippen LogP contribution is 2.28. The molecule has 1 fully saturated rings. The summed E-state index contributed by atoms with van der Waals surface area (Å²) in [6.07, 6.45) is 6.09. The number of para-hydroxylation sites is 1. The van der Waals surface area contributed by atoms with Gasteiger partial charge < -0.3 is 10.4 Å². The summed E-state index contributed by atoms with van der Waals surface area (Å²) in [5, 5.41) is 14.0. The van der Waals surface area contributed by atoms with E-state index >= 15 is 0 Å². The average Bonchev–Trinajstić information content (AvgIpc) is 2.75. The van der Waals surface area contributed by atoms with E-state index < -0.39 is 0 Å². The second-order valence-corrected chi connectivity index (χ2v) is 5.40. The van der Waals surface area contributed by atoms with E-state index in [4.69, 9.17) is 0 Å². The molecule has 0 heterocycles. The Labute approximate surface area is 101 Å². The molecule has 0 aliphatic heterocycles. The number of hydrogen-bond donors (Lipinski definition) is 2. The summed E-state index contributed by atoms with van der Waals surface area (Å²) in [5.41, 5.74) is 0.995. The first-order chi connectivity index (χ1) is 7.81. The fraction of sp³-hybridized carbons (Fsp3) is 0.538. The van der Waals surface area contributed by atoms with Crippen molar-refractivity contribution in [2.24, 2.45) is 0 Å². The van der Waals surface area contributed by atoms with E-state index in [1.165, 1.54) is 19.3 Å². The number of phenolic OH excluding ortho intramolecular Hbond substituents is 1. The molecule has 2 nitrogen and oxygen atoms in total. The highest BCUT2D eigenvalue weighted by Gasteiger charge is 2.25. The van der Waals surface area contributed by atoms with Gasteiger partial charge in [-0.3, -0.25) is 0 Å². The molecule has 0 saturated heterocycles. The van der Waals surface area contributed by atoms with Gasteiger partial charge >= 0.3 is 0 Å². The summed E-state index contributed by atoms with van der Waals surface area (Å²) in [4.78, 5) is 0. The molecule has 3 heteroatoms. The predicted molar refractivity (Wildman–Crippen MR) is 69.9 cm³/mol. The zero-order valence-corrected chi connectivity index (χ0v) is 10.5. The van der Waals surface area contributed by atoms with E-state index in [-0.39, 0.29) is 0 Å². The smallest absolute Gasteiger partial charge is 0.120 e. The van der Waals surface area contributed by atoms with E-state index in [2.05, 4.69) is 11.6 Å². The van der Waals surface area contributed by atoms with Crippen LogP contribution in [0.25, 0.3) is 0 Å². The van der Waals surface area contributed by atoms with Crippen molar-refractivity contribution in [3.63, 3.8) is 0 Å². The lowest BCUT2D eigenvalue weighted by Gasteiger charge is -2.19. The fourth-order valence-electron chi connectivity index (χ4n) is 2.34. The van der Waals surface area contributed by atoms with Crippen molar-refractivity contribution in [1.82, 2.24) is 5.32 Å². The van der Waals surface area contributed by atoms with Crippen molar-refractivity contribution in [2.45, 2.75) is 37.1 Å². The first-order valence-electron chi connectivity index (χ1n) is 5.84. The van der Waals surface area contributed by atoms with Gasteiger partial charge in [-0.2, -0.15) is 11.8 Å². The molecule has 2 N–H and O–H groups in total. The first kappa shape index (κ1) is 11.8. The molecule has 0 radical (unpaired) electrons. The molecule has 1 aliphatic carbocycles. The SMILES string of the molecule is CSC1CCCC1NCc1ccccc1O. The Morgan fingerprint density at radius 2 is 2.19 bits per heavy atom. The fourth-order valence-corrected chi connectivity index (χ4v) is 3.31. The van der Waals surface area contributed by atoms with Crippen LogP contribution in [0.2, 0.25) is 0 Å². The summed E-state index contributed by atoms with van der Waals surface area (Å²) in [6, 6.07) is 8.16. The van der Waals surface area contributed by atoms with Crippen molar-refractivity contribution in [2.75, 3.05) is 6.26 Å². The van der Waals surface area contributed by atoms with Crippen LogP contribution < -0.4 is 5.32 Å². The van der Waals surface area contributed by atoms with Crippen molar-refractivity contribution in [3.8, 4) is 5.75 Å². The normalized spacial score (nSPS) is 24.8. The van der Waals surface area contributed by atoms with Crippen LogP contribution in [-0.4, -0.2) is 22.7 Å². The second kappa shape index (κ2) is 5.60. The van der Waals surface area contributed by atoms with Gasteiger partial charge in [0.05, 0.1) is 0 Å². The third-order valence-corrected chi connectivity index (χ3v) is 4.47. The standard InChI is InChI=1S/C13H19NOS/c1-16-13-8-4-6-11(13)14-9-10-5-2-3-7-12(10)15/h2-3,5,7,11,13-15H,4,6,8-9H2,1H3. The highest BCUT2D eigenvalue weighted by molar-refractivity contribution is 7.99. The number of rotatable bonds is 4. The topological polar surface area (TPSA) is 32.3 Å².